The summed E-state index contributed by atoms with van der Waals surface area (Å²) >= 11 is 0. The summed E-state index contributed by atoms with van der Waals surface area (Å²) in [4.78, 5) is 25.8. The first-order valence-electron chi connectivity index (χ1n) is 6.76. The lowest BCUT2D eigenvalue weighted by atomic mass is 9.96. The standard InChI is InChI=1S/C14H14N6O/c15-14-19-12-10(13(21)20-14)17-11(18-12)9-5-7-3-1-2-4-8(7)6-16-9/h1-4,9,16H,5-6H2,(H4,15,17,18,19,20,21). The smallest absolute Gasteiger partial charge is 0.278 e. The van der Waals surface area contributed by atoms with E-state index in [1.54, 1.807) is 0 Å². The number of fused-ring (bicyclic) bond motifs is 2. The van der Waals surface area contributed by atoms with Crippen molar-refractivity contribution in [2.24, 2.45) is 0 Å². The second-order valence-electron chi connectivity index (χ2n) is 5.18. The monoisotopic (exact) mass is 282 g/mol. The van der Waals surface area contributed by atoms with Crippen LogP contribution in [0, 0.1) is 0 Å². The minimum Gasteiger partial charge on any atom is -0.369 e. The Morgan fingerprint density at radius 1 is 1.14 bits per heavy atom. The van der Waals surface area contributed by atoms with E-state index in [9.17, 15) is 4.79 Å². The molecule has 0 saturated carbocycles. The molecule has 0 aliphatic carbocycles. The first kappa shape index (κ1) is 12.1. The lowest BCUT2D eigenvalue weighted by Crippen LogP contribution is -2.29. The summed E-state index contributed by atoms with van der Waals surface area (Å²) in [5.41, 5.74) is 8.55. The molecule has 0 radical (unpaired) electrons. The van der Waals surface area contributed by atoms with E-state index in [4.69, 9.17) is 5.73 Å². The van der Waals surface area contributed by atoms with Gasteiger partial charge >= 0.3 is 0 Å². The van der Waals surface area contributed by atoms with E-state index in [0.29, 0.717) is 17.0 Å². The van der Waals surface area contributed by atoms with E-state index < -0.39 is 0 Å². The quantitative estimate of drug-likeness (QED) is 0.522. The number of anilines is 1. The van der Waals surface area contributed by atoms with Crippen molar-refractivity contribution in [3.63, 3.8) is 0 Å². The van der Waals surface area contributed by atoms with Gasteiger partial charge in [-0.15, -0.1) is 0 Å². The average molecular weight is 282 g/mol. The fourth-order valence-corrected chi connectivity index (χ4v) is 2.75. The Hall–Kier alpha value is -2.67. The molecule has 0 fully saturated rings. The van der Waals surface area contributed by atoms with Crippen molar-refractivity contribution in [2.45, 2.75) is 19.0 Å². The minimum absolute atomic E-state index is 0.0368. The van der Waals surface area contributed by atoms with E-state index in [-0.39, 0.29) is 17.5 Å². The number of H-pyrrole nitrogens is 2. The van der Waals surface area contributed by atoms with Crippen molar-refractivity contribution in [3.8, 4) is 0 Å². The minimum atomic E-state index is -0.299. The zero-order valence-electron chi connectivity index (χ0n) is 11.2. The number of nitrogens with zero attached hydrogens (tertiary/aromatic N) is 2. The molecule has 4 rings (SSSR count). The largest absolute Gasteiger partial charge is 0.369 e. The van der Waals surface area contributed by atoms with E-state index in [0.717, 1.165) is 13.0 Å². The van der Waals surface area contributed by atoms with Crippen LogP contribution in [0.4, 0.5) is 5.95 Å². The van der Waals surface area contributed by atoms with Crippen molar-refractivity contribution in [3.05, 3.63) is 51.6 Å². The van der Waals surface area contributed by atoms with Gasteiger partial charge < -0.3 is 16.0 Å². The molecule has 1 aliphatic rings. The summed E-state index contributed by atoms with van der Waals surface area (Å²) < 4.78 is 0. The second kappa shape index (κ2) is 4.42. The van der Waals surface area contributed by atoms with Gasteiger partial charge in [0, 0.05) is 6.54 Å². The third kappa shape index (κ3) is 1.98. The molecule has 0 amide bonds. The molecule has 21 heavy (non-hydrogen) atoms. The number of aromatic nitrogens is 4. The van der Waals surface area contributed by atoms with Gasteiger partial charge in [0.15, 0.2) is 11.2 Å². The summed E-state index contributed by atoms with van der Waals surface area (Å²) in [6.45, 7) is 0.782. The van der Waals surface area contributed by atoms with Crippen LogP contribution >= 0.6 is 0 Å². The number of aromatic amines is 2. The maximum absolute atomic E-state index is 11.8. The summed E-state index contributed by atoms with van der Waals surface area (Å²) in [6.07, 6.45) is 0.823. The highest BCUT2D eigenvalue weighted by atomic mass is 16.1. The van der Waals surface area contributed by atoms with Gasteiger partial charge in [-0.2, -0.15) is 4.98 Å². The van der Waals surface area contributed by atoms with Crippen LogP contribution < -0.4 is 16.6 Å². The second-order valence-corrected chi connectivity index (χ2v) is 5.18. The van der Waals surface area contributed by atoms with Crippen LogP contribution in [0.3, 0.4) is 0 Å². The molecule has 1 aliphatic heterocycles. The molecule has 7 nitrogen and oxygen atoms in total. The number of hydrogen-bond donors (Lipinski definition) is 4. The Morgan fingerprint density at radius 2 is 1.95 bits per heavy atom. The van der Waals surface area contributed by atoms with Gasteiger partial charge in [0.25, 0.3) is 5.56 Å². The summed E-state index contributed by atoms with van der Waals surface area (Å²) in [5, 5.41) is 3.42. The first-order valence-corrected chi connectivity index (χ1v) is 6.76. The zero-order valence-corrected chi connectivity index (χ0v) is 11.2. The number of hydrogen-bond acceptors (Lipinski definition) is 5. The molecule has 1 unspecified atom stereocenters. The summed E-state index contributed by atoms with van der Waals surface area (Å²) in [7, 11) is 0. The van der Waals surface area contributed by atoms with E-state index >= 15 is 0 Å². The molecule has 106 valence electrons. The molecule has 3 heterocycles. The van der Waals surface area contributed by atoms with Gasteiger partial charge in [0.05, 0.1) is 6.04 Å². The number of benzene rings is 1. The molecule has 3 aromatic rings. The van der Waals surface area contributed by atoms with Gasteiger partial charge in [-0.05, 0) is 17.5 Å². The molecule has 1 atom stereocenters. The number of rotatable bonds is 1. The molecule has 1 aromatic carbocycles. The summed E-state index contributed by atoms with van der Waals surface area (Å²) in [5.74, 6) is 0.788. The maximum Gasteiger partial charge on any atom is 0.278 e. The van der Waals surface area contributed by atoms with E-state index in [2.05, 4.69) is 37.4 Å². The average Bonchev–Trinajstić information content (AvgIpc) is 2.91. The lowest BCUT2D eigenvalue weighted by Gasteiger charge is -2.24. The van der Waals surface area contributed by atoms with Gasteiger partial charge in [-0.3, -0.25) is 9.78 Å². The molecule has 0 saturated heterocycles. The highest BCUT2D eigenvalue weighted by Gasteiger charge is 2.22. The van der Waals surface area contributed by atoms with Gasteiger partial charge in [-0.25, -0.2) is 4.98 Å². The van der Waals surface area contributed by atoms with Crippen LogP contribution in [0.1, 0.15) is 23.0 Å². The number of imidazole rings is 1. The normalized spacial score (nSPS) is 17.8. The predicted octanol–water partition coefficient (Wildman–Crippen LogP) is 0.615. The van der Waals surface area contributed by atoms with Crippen LogP contribution in [0.25, 0.3) is 11.2 Å². The number of nitrogen functional groups attached to an aromatic ring is 1. The van der Waals surface area contributed by atoms with Crippen molar-refractivity contribution >= 4 is 17.1 Å². The Morgan fingerprint density at radius 3 is 2.81 bits per heavy atom. The molecular weight excluding hydrogens is 268 g/mol. The van der Waals surface area contributed by atoms with Gasteiger partial charge in [-0.1, -0.05) is 24.3 Å². The Kier molecular flexibility index (Phi) is 2.55. The van der Waals surface area contributed by atoms with Gasteiger partial charge in [0.2, 0.25) is 5.95 Å². The van der Waals surface area contributed by atoms with Crippen molar-refractivity contribution in [2.75, 3.05) is 5.73 Å². The summed E-state index contributed by atoms with van der Waals surface area (Å²) in [6, 6.07) is 8.34. The van der Waals surface area contributed by atoms with Crippen LogP contribution in [0.15, 0.2) is 29.1 Å². The van der Waals surface area contributed by atoms with Crippen LogP contribution in [0.2, 0.25) is 0 Å². The molecule has 7 heteroatoms. The zero-order chi connectivity index (χ0) is 14.4. The van der Waals surface area contributed by atoms with Crippen LogP contribution in [0.5, 0.6) is 0 Å². The highest BCUT2D eigenvalue weighted by Crippen LogP contribution is 2.24. The van der Waals surface area contributed by atoms with Crippen molar-refractivity contribution in [1.82, 2.24) is 25.3 Å². The highest BCUT2D eigenvalue weighted by molar-refractivity contribution is 5.70. The molecule has 2 aromatic heterocycles. The van der Waals surface area contributed by atoms with E-state index in [1.807, 2.05) is 12.1 Å². The third-order valence-electron chi connectivity index (χ3n) is 3.81. The van der Waals surface area contributed by atoms with E-state index in [1.165, 1.54) is 11.1 Å². The molecule has 0 spiro atoms. The Labute approximate surface area is 119 Å². The Balaban J connectivity index is 1.75. The topological polar surface area (TPSA) is 112 Å². The maximum atomic E-state index is 11.8. The molecular formula is C14H14N6O. The third-order valence-corrected chi connectivity index (χ3v) is 3.81. The predicted molar refractivity (Wildman–Crippen MR) is 78.6 cm³/mol. The molecule has 5 N–H and O–H groups in total. The van der Waals surface area contributed by atoms with Crippen LogP contribution in [-0.4, -0.2) is 19.9 Å². The number of nitrogens with one attached hydrogen (secondary N) is 3. The van der Waals surface area contributed by atoms with Crippen LogP contribution in [-0.2, 0) is 13.0 Å². The van der Waals surface area contributed by atoms with Crippen molar-refractivity contribution in [1.29, 1.82) is 0 Å². The lowest BCUT2D eigenvalue weighted by molar-refractivity contribution is 0.481. The first-order chi connectivity index (χ1) is 10.2. The Bertz CT molecular complexity index is 881. The fraction of sp³-hybridized carbons (Fsp3) is 0.214. The fourth-order valence-electron chi connectivity index (χ4n) is 2.75. The SMILES string of the molecule is Nc1nc2nc(C3Cc4ccccc4CN3)[nH]c2c(=O)[nH]1. The number of nitrogens with two attached hydrogens (primary N) is 1. The molecule has 0 bridgehead atoms. The van der Waals surface area contributed by atoms with Crippen molar-refractivity contribution < 1.29 is 0 Å². The van der Waals surface area contributed by atoms with Gasteiger partial charge in [0.1, 0.15) is 5.82 Å².